The van der Waals surface area contributed by atoms with Crippen molar-refractivity contribution in [3.63, 3.8) is 0 Å². The Morgan fingerprint density at radius 3 is 2.56 bits per heavy atom. The molecule has 186 valence electrons. The Morgan fingerprint density at radius 1 is 1.26 bits per heavy atom. The first kappa shape index (κ1) is 28.1. The van der Waals surface area contributed by atoms with E-state index in [1.807, 2.05) is 6.26 Å². The van der Waals surface area contributed by atoms with Gasteiger partial charge in [-0.25, -0.2) is 4.79 Å². The molecule has 2 atom stereocenters. The molecule has 1 saturated carbocycles. The molecule has 0 spiro atoms. The van der Waals surface area contributed by atoms with Gasteiger partial charge in [-0.15, -0.1) is 12.4 Å². The lowest BCUT2D eigenvalue weighted by Gasteiger charge is -2.31. The van der Waals surface area contributed by atoms with Crippen molar-refractivity contribution in [1.29, 1.82) is 0 Å². The lowest BCUT2D eigenvalue weighted by atomic mass is 9.94. The molecule has 0 aliphatic heterocycles. The van der Waals surface area contributed by atoms with Crippen LogP contribution in [0.2, 0.25) is 0 Å². The fraction of sp³-hybridized carbons (Fsp3) is 0.478. The number of aliphatic carboxylic acids is 1. The maximum Gasteiger partial charge on any atom is 0.326 e. The molecule has 34 heavy (non-hydrogen) atoms. The molecule has 0 saturated heterocycles. The normalized spacial score (nSPS) is 16.2. The number of thiol groups is 1. The van der Waals surface area contributed by atoms with Gasteiger partial charge in [0.25, 0.3) is 0 Å². The number of furan rings is 1. The molecular formula is C23H30ClN3O5S2. The maximum atomic E-state index is 13.2. The number of carboxylic acid groups (broad SMARTS) is 1. The van der Waals surface area contributed by atoms with E-state index in [2.05, 4.69) is 28.2 Å². The maximum absolute atomic E-state index is 13.2. The van der Waals surface area contributed by atoms with E-state index in [0.717, 1.165) is 24.2 Å². The van der Waals surface area contributed by atoms with Crippen molar-refractivity contribution in [3.8, 4) is 11.3 Å². The molecule has 2 aromatic heterocycles. The zero-order chi connectivity index (χ0) is 23.8. The number of thioether (sulfide) groups is 1. The summed E-state index contributed by atoms with van der Waals surface area (Å²) in [5, 5.41) is 14.8. The van der Waals surface area contributed by atoms with Crippen LogP contribution in [0.25, 0.3) is 11.3 Å². The van der Waals surface area contributed by atoms with E-state index >= 15 is 0 Å². The van der Waals surface area contributed by atoms with Gasteiger partial charge in [0.1, 0.15) is 11.6 Å². The number of hydrogen-bond acceptors (Lipinski definition) is 7. The monoisotopic (exact) mass is 527 g/mol. The van der Waals surface area contributed by atoms with Crippen molar-refractivity contribution in [2.24, 2.45) is 0 Å². The Morgan fingerprint density at radius 2 is 2.00 bits per heavy atom. The number of pyridine rings is 1. The second-order valence-electron chi connectivity index (χ2n) is 8.21. The molecule has 2 unspecified atom stereocenters. The third-order valence-electron chi connectivity index (χ3n) is 5.84. The Labute approximate surface area is 214 Å². The first-order chi connectivity index (χ1) is 15.8. The highest BCUT2D eigenvalue weighted by atomic mass is 35.5. The Balaban J connectivity index is 0.00000408. The third kappa shape index (κ3) is 7.16. The van der Waals surface area contributed by atoms with Gasteiger partial charge in [-0.2, -0.15) is 24.4 Å². The third-order valence-corrected chi connectivity index (χ3v) is 6.97. The molecule has 2 amide bonds. The van der Waals surface area contributed by atoms with E-state index < -0.39 is 28.7 Å². The zero-order valence-corrected chi connectivity index (χ0v) is 21.4. The van der Waals surface area contributed by atoms with Gasteiger partial charge < -0.3 is 20.2 Å². The van der Waals surface area contributed by atoms with E-state index in [4.69, 9.17) is 4.42 Å². The predicted molar refractivity (Wildman–Crippen MR) is 138 cm³/mol. The Bertz CT molecular complexity index is 950. The summed E-state index contributed by atoms with van der Waals surface area (Å²) in [6, 6.07) is 4.20. The summed E-state index contributed by atoms with van der Waals surface area (Å²) >= 11 is 6.00. The molecular weight excluding hydrogens is 498 g/mol. The fourth-order valence-corrected chi connectivity index (χ4v) is 4.77. The summed E-state index contributed by atoms with van der Waals surface area (Å²) in [4.78, 5) is 42.1. The number of halogens is 1. The van der Waals surface area contributed by atoms with Crippen LogP contribution in [0.5, 0.6) is 0 Å². The second-order valence-corrected chi connectivity index (χ2v) is 9.82. The predicted octanol–water partition coefficient (Wildman–Crippen LogP) is 3.36. The van der Waals surface area contributed by atoms with Crippen LogP contribution in [-0.4, -0.2) is 56.7 Å². The molecule has 1 fully saturated rings. The summed E-state index contributed by atoms with van der Waals surface area (Å²) in [5.74, 6) is -1.12. The van der Waals surface area contributed by atoms with Crippen LogP contribution in [0.15, 0.2) is 41.3 Å². The van der Waals surface area contributed by atoms with E-state index in [9.17, 15) is 19.5 Å². The van der Waals surface area contributed by atoms with Gasteiger partial charge in [0.05, 0.1) is 23.5 Å². The fourth-order valence-electron chi connectivity index (χ4n) is 3.93. The van der Waals surface area contributed by atoms with Crippen LogP contribution in [0.4, 0.5) is 0 Å². The summed E-state index contributed by atoms with van der Waals surface area (Å²) in [6.45, 7) is 0. The summed E-state index contributed by atoms with van der Waals surface area (Å²) < 4.78 is 5.06. The molecule has 1 aliphatic rings. The summed E-state index contributed by atoms with van der Waals surface area (Å²) in [5.41, 5.74) is 1.10. The number of rotatable bonds is 11. The van der Waals surface area contributed by atoms with Crippen molar-refractivity contribution in [1.82, 2.24) is 15.6 Å². The molecule has 3 N–H and O–H groups in total. The average molecular weight is 528 g/mol. The van der Waals surface area contributed by atoms with Gasteiger partial charge in [0.15, 0.2) is 0 Å². The van der Waals surface area contributed by atoms with E-state index in [1.165, 1.54) is 0 Å². The van der Waals surface area contributed by atoms with Gasteiger partial charge in [-0.1, -0.05) is 18.9 Å². The standard InChI is InChI=1S/C23H29N3O5S2.ClH/c1-33-11-7-19(32)20(27)26-23(8-2-3-9-23)22(30)25-18(21(28)29)12-15-4-5-17(24-13-15)16-6-10-31-14-16;/h4-6,10,13-14,18-19,32H,2-3,7-9,11-12H2,1H3,(H,25,30)(H,26,27)(H,28,29);1H. The van der Waals surface area contributed by atoms with E-state index in [1.54, 1.807) is 48.7 Å². The molecule has 1 aliphatic carbocycles. The summed E-state index contributed by atoms with van der Waals surface area (Å²) in [7, 11) is 0. The molecule has 0 radical (unpaired) electrons. The number of carbonyl (C=O) groups excluding carboxylic acids is 2. The lowest BCUT2D eigenvalue weighted by Crippen LogP contribution is -2.61. The van der Waals surface area contributed by atoms with Gasteiger partial charge >= 0.3 is 5.97 Å². The number of hydrogen-bond donors (Lipinski definition) is 4. The smallest absolute Gasteiger partial charge is 0.326 e. The van der Waals surface area contributed by atoms with Crippen LogP contribution in [0.3, 0.4) is 0 Å². The first-order valence-corrected chi connectivity index (χ1v) is 12.8. The minimum Gasteiger partial charge on any atom is -0.480 e. The van der Waals surface area contributed by atoms with Gasteiger partial charge in [-0.3, -0.25) is 14.6 Å². The topological polar surface area (TPSA) is 122 Å². The molecule has 0 bridgehead atoms. The molecule has 2 aromatic rings. The van der Waals surface area contributed by atoms with Crippen molar-refractivity contribution < 1.29 is 23.9 Å². The van der Waals surface area contributed by atoms with E-state index in [-0.39, 0.29) is 24.7 Å². The zero-order valence-electron chi connectivity index (χ0n) is 18.9. The van der Waals surface area contributed by atoms with Crippen LogP contribution >= 0.6 is 36.8 Å². The van der Waals surface area contributed by atoms with Crippen molar-refractivity contribution >= 4 is 54.6 Å². The minimum atomic E-state index is -1.14. The van der Waals surface area contributed by atoms with Crippen molar-refractivity contribution in [2.75, 3.05) is 12.0 Å². The first-order valence-electron chi connectivity index (χ1n) is 10.8. The Kier molecular flexibility index (Phi) is 10.8. The largest absolute Gasteiger partial charge is 0.480 e. The Hall–Kier alpha value is -2.17. The number of nitrogens with one attached hydrogen (secondary N) is 2. The van der Waals surface area contributed by atoms with Crippen LogP contribution in [0, 0.1) is 0 Å². The SMILES string of the molecule is CSCCC(S)C(=O)NC1(C(=O)NC(Cc2ccc(-c3ccoc3)nc2)C(=O)O)CCCC1.Cl. The van der Waals surface area contributed by atoms with Crippen LogP contribution in [-0.2, 0) is 20.8 Å². The minimum absolute atomic E-state index is 0. The highest BCUT2D eigenvalue weighted by Crippen LogP contribution is 2.31. The molecule has 11 heteroatoms. The molecule has 0 aromatic carbocycles. The van der Waals surface area contributed by atoms with Crippen LogP contribution in [0.1, 0.15) is 37.7 Å². The number of aromatic nitrogens is 1. The highest BCUT2D eigenvalue weighted by molar-refractivity contribution is 7.98. The van der Waals surface area contributed by atoms with Crippen molar-refractivity contribution in [3.05, 3.63) is 42.5 Å². The van der Waals surface area contributed by atoms with E-state index in [0.29, 0.717) is 30.5 Å². The molecule has 3 rings (SSSR count). The highest BCUT2D eigenvalue weighted by Gasteiger charge is 2.44. The number of carboxylic acids is 1. The second kappa shape index (κ2) is 13.1. The van der Waals surface area contributed by atoms with Crippen LogP contribution < -0.4 is 10.6 Å². The summed E-state index contributed by atoms with van der Waals surface area (Å²) in [6.07, 6.45) is 9.86. The lowest BCUT2D eigenvalue weighted by molar-refractivity contribution is -0.143. The molecule has 2 heterocycles. The van der Waals surface area contributed by atoms with Gasteiger partial charge in [0, 0.05) is 18.2 Å². The number of amides is 2. The molecule has 8 nitrogen and oxygen atoms in total. The average Bonchev–Trinajstić information content (AvgIpc) is 3.50. The number of carbonyl (C=O) groups is 3. The quantitative estimate of drug-likeness (QED) is 0.330. The van der Waals surface area contributed by atoms with Crippen molar-refractivity contribution in [2.45, 2.75) is 55.4 Å². The van der Waals surface area contributed by atoms with Gasteiger partial charge in [-0.05, 0) is 49.0 Å². The van der Waals surface area contributed by atoms with Gasteiger partial charge in [0.2, 0.25) is 11.8 Å². The number of nitrogens with zero attached hydrogens (tertiary/aromatic N) is 1.